The van der Waals surface area contributed by atoms with Crippen LogP contribution >= 0.6 is 0 Å². The van der Waals surface area contributed by atoms with Crippen molar-refractivity contribution >= 4 is 34.9 Å². The van der Waals surface area contributed by atoms with E-state index in [0.717, 1.165) is 25.2 Å². The first-order chi connectivity index (χ1) is 20.2. The second kappa shape index (κ2) is 12.5. The normalized spacial score (nSPS) is 14.0. The highest BCUT2D eigenvalue weighted by atomic mass is 19.4. The van der Waals surface area contributed by atoms with Gasteiger partial charge in [0.1, 0.15) is 30.1 Å². The molecule has 0 atom stereocenters. The molecule has 5 rings (SSSR count). The fourth-order valence-corrected chi connectivity index (χ4v) is 4.39. The molecule has 4 aromatic rings. The smallest absolute Gasteiger partial charge is 0.379 e. The summed E-state index contributed by atoms with van der Waals surface area (Å²) in [6, 6.07) is 8.23. The maximum absolute atomic E-state index is 14.3. The van der Waals surface area contributed by atoms with E-state index in [1.54, 1.807) is 29.2 Å². The number of amides is 1. The van der Waals surface area contributed by atoms with E-state index in [1.165, 1.54) is 12.7 Å². The van der Waals surface area contributed by atoms with Crippen LogP contribution in [0.3, 0.4) is 0 Å². The van der Waals surface area contributed by atoms with Crippen LogP contribution in [0.2, 0.25) is 0 Å². The highest BCUT2D eigenvalue weighted by Gasteiger charge is 2.32. The number of alkyl halides is 3. The molecular weight excluding hydrogens is 558 g/mol. The number of morpholine rings is 1. The van der Waals surface area contributed by atoms with Crippen molar-refractivity contribution in [3.8, 4) is 0 Å². The molecule has 1 aliphatic rings. The van der Waals surface area contributed by atoms with E-state index < -0.39 is 29.0 Å². The lowest BCUT2D eigenvalue weighted by Gasteiger charge is -2.26. The number of halogens is 4. The molecular formula is C27H27F4N9O2. The Kier molecular flexibility index (Phi) is 8.59. The maximum atomic E-state index is 14.3. The molecule has 3 N–H and O–H groups in total. The van der Waals surface area contributed by atoms with E-state index in [9.17, 15) is 22.4 Å². The number of nitrogens with one attached hydrogen (secondary N) is 3. The number of nitrogens with zero attached hydrogens (tertiary/aromatic N) is 6. The van der Waals surface area contributed by atoms with Gasteiger partial charge in [0, 0.05) is 37.9 Å². The van der Waals surface area contributed by atoms with Gasteiger partial charge in [-0.2, -0.15) is 23.3 Å². The number of carbonyl (C=O) groups is 1. The zero-order valence-corrected chi connectivity index (χ0v) is 22.5. The van der Waals surface area contributed by atoms with Crippen LogP contribution in [-0.4, -0.2) is 75.3 Å². The summed E-state index contributed by atoms with van der Waals surface area (Å²) in [6.07, 6.45) is -2.01. The fourth-order valence-electron chi connectivity index (χ4n) is 4.39. The Morgan fingerprint density at radius 1 is 1.07 bits per heavy atom. The van der Waals surface area contributed by atoms with E-state index >= 15 is 0 Å². The molecule has 1 saturated heterocycles. The molecule has 1 amide bonds. The molecule has 42 heavy (non-hydrogen) atoms. The van der Waals surface area contributed by atoms with E-state index in [4.69, 9.17) is 4.74 Å². The van der Waals surface area contributed by atoms with Crippen molar-refractivity contribution in [1.82, 2.24) is 30.0 Å². The number of rotatable bonds is 9. The van der Waals surface area contributed by atoms with Gasteiger partial charge in [0.05, 0.1) is 30.0 Å². The van der Waals surface area contributed by atoms with Crippen molar-refractivity contribution in [2.24, 2.45) is 0 Å². The second-order valence-corrected chi connectivity index (χ2v) is 9.43. The van der Waals surface area contributed by atoms with Crippen LogP contribution in [0.1, 0.15) is 21.5 Å². The zero-order valence-electron chi connectivity index (χ0n) is 22.5. The van der Waals surface area contributed by atoms with Gasteiger partial charge in [0.25, 0.3) is 5.91 Å². The topological polar surface area (TPSA) is 124 Å². The molecule has 2 aromatic carbocycles. The molecule has 220 valence electrons. The van der Waals surface area contributed by atoms with E-state index in [2.05, 4.69) is 40.7 Å². The Hall–Kier alpha value is -4.63. The Bertz CT molecular complexity index is 1530. The number of anilines is 5. The molecule has 0 bridgehead atoms. The number of H-pyrrole nitrogens is 1. The average Bonchev–Trinajstić information content (AvgIpc) is 3.50. The summed E-state index contributed by atoms with van der Waals surface area (Å²) < 4.78 is 59.2. The van der Waals surface area contributed by atoms with Gasteiger partial charge in [-0.25, -0.2) is 19.5 Å². The molecule has 0 aliphatic carbocycles. The molecule has 0 unspecified atom stereocenters. The van der Waals surface area contributed by atoms with Crippen molar-refractivity contribution < 1.29 is 27.1 Å². The number of ether oxygens (including phenoxy) is 1. The Balaban J connectivity index is 1.40. The monoisotopic (exact) mass is 585 g/mol. The predicted octanol–water partition coefficient (Wildman–Crippen LogP) is 4.53. The van der Waals surface area contributed by atoms with Gasteiger partial charge < -0.3 is 15.4 Å². The van der Waals surface area contributed by atoms with Gasteiger partial charge in [-0.3, -0.25) is 14.6 Å². The number of benzene rings is 2. The summed E-state index contributed by atoms with van der Waals surface area (Å²) in [4.78, 5) is 29.8. The molecule has 0 saturated carbocycles. The maximum Gasteiger partial charge on any atom is 0.416 e. The first-order valence-corrected chi connectivity index (χ1v) is 13.0. The minimum atomic E-state index is -4.73. The van der Waals surface area contributed by atoms with Crippen LogP contribution in [0, 0.1) is 12.7 Å². The highest BCUT2D eigenvalue weighted by molar-refractivity contribution is 6.05. The van der Waals surface area contributed by atoms with Crippen molar-refractivity contribution in [3.05, 3.63) is 77.6 Å². The summed E-state index contributed by atoms with van der Waals surface area (Å²) in [6.45, 7) is 6.41. The lowest BCUT2D eigenvalue weighted by molar-refractivity contribution is -0.137. The minimum Gasteiger partial charge on any atom is -0.379 e. The lowest BCUT2D eigenvalue weighted by Crippen LogP contribution is -2.39. The molecule has 11 nitrogen and oxygen atoms in total. The number of hydrogen-bond donors (Lipinski definition) is 3. The average molecular weight is 586 g/mol. The van der Waals surface area contributed by atoms with Gasteiger partial charge in [-0.15, -0.1) is 0 Å². The molecule has 1 aliphatic heterocycles. The van der Waals surface area contributed by atoms with Crippen molar-refractivity contribution in [2.45, 2.75) is 13.1 Å². The Labute approximate surface area is 237 Å². The standard InChI is InChI=1S/C27H27F4N9O2/c1-17-2-4-19(37-25(41)20-12-18(27(29,30)31)3-5-21(20)28)13-22(17)40(26-35-16-36-38-26)24-14-23(33-15-34-24)32-6-7-39-8-10-42-11-9-39/h2-5,12-16H,6-11H2,1H3,(H,37,41)(H,32,33,34)(H,35,36,38). The number of carbonyl (C=O) groups excluding carboxylic acids is 1. The second-order valence-electron chi connectivity index (χ2n) is 9.43. The molecule has 2 aromatic heterocycles. The number of aromatic amines is 1. The minimum absolute atomic E-state index is 0.208. The summed E-state index contributed by atoms with van der Waals surface area (Å²) in [5.41, 5.74) is -0.391. The molecule has 0 radical (unpaired) electrons. The first kappa shape index (κ1) is 28.9. The van der Waals surface area contributed by atoms with Crippen LogP contribution < -0.4 is 15.5 Å². The summed E-state index contributed by atoms with van der Waals surface area (Å²) in [5, 5.41) is 12.5. The first-order valence-electron chi connectivity index (χ1n) is 13.0. The predicted molar refractivity (Wildman–Crippen MR) is 146 cm³/mol. The van der Waals surface area contributed by atoms with Crippen LogP contribution in [0.4, 0.5) is 46.5 Å². The summed E-state index contributed by atoms with van der Waals surface area (Å²) in [7, 11) is 0. The summed E-state index contributed by atoms with van der Waals surface area (Å²) in [5.74, 6) is -0.811. The van der Waals surface area contributed by atoms with Crippen molar-refractivity contribution in [2.75, 3.05) is 54.9 Å². The van der Waals surface area contributed by atoms with Crippen LogP contribution in [0.5, 0.6) is 0 Å². The van der Waals surface area contributed by atoms with Gasteiger partial charge in [-0.05, 0) is 42.8 Å². The SMILES string of the molecule is Cc1ccc(NC(=O)c2cc(C(F)(F)F)ccc2F)cc1N(c1cc(NCCN2CCOCC2)ncn1)c1ncn[nH]1. The third-order valence-corrected chi connectivity index (χ3v) is 6.58. The molecule has 0 spiro atoms. The Morgan fingerprint density at radius 2 is 1.88 bits per heavy atom. The fraction of sp³-hybridized carbons (Fsp3) is 0.296. The third kappa shape index (κ3) is 6.80. The van der Waals surface area contributed by atoms with Gasteiger partial charge in [0.2, 0.25) is 5.95 Å². The molecule has 3 heterocycles. The Morgan fingerprint density at radius 3 is 2.62 bits per heavy atom. The van der Waals surface area contributed by atoms with Crippen LogP contribution in [-0.2, 0) is 10.9 Å². The zero-order chi connectivity index (χ0) is 29.7. The van der Waals surface area contributed by atoms with Gasteiger partial charge in [0.15, 0.2) is 0 Å². The quantitative estimate of drug-likeness (QED) is 0.243. The van der Waals surface area contributed by atoms with E-state index in [-0.39, 0.29) is 5.69 Å². The number of aromatic nitrogens is 5. The number of hydrogen-bond acceptors (Lipinski definition) is 9. The van der Waals surface area contributed by atoms with Crippen LogP contribution in [0.15, 0.2) is 55.1 Å². The van der Waals surface area contributed by atoms with Crippen LogP contribution in [0.25, 0.3) is 0 Å². The van der Waals surface area contributed by atoms with E-state index in [0.29, 0.717) is 61.2 Å². The number of aryl methyl sites for hydroxylation is 1. The van der Waals surface area contributed by atoms with Crippen molar-refractivity contribution in [1.29, 1.82) is 0 Å². The highest BCUT2D eigenvalue weighted by Crippen LogP contribution is 2.36. The van der Waals surface area contributed by atoms with E-state index in [1.807, 2.05) is 6.92 Å². The lowest BCUT2D eigenvalue weighted by atomic mass is 10.1. The van der Waals surface area contributed by atoms with Gasteiger partial charge in [-0.1, -0.05) is 6.07 Å². The van der Waals surface area contributed by atoms with Crippen molar-refractivity contribution in [3.63, 3.8) is 0 Å². The molecule has 1 fully saturated rings. The third-order valence-electron chi connectivity index (χ3n) is 6.58. The summed E-state index contributed by atoms with van der Waals surface area (Å²) >= 11 is 0. The van der Waals surface area contributed by atoms with Gasteiger partial charge >= 0.3 is 6.18 Å². The molecule has 15 heteroatoms. The largest absolute Gasteiger partial charge is 0.416 e.